The fourth-order valence-corrected chi connectivity index (χ4v) is 4.08. The van der Waals surface area contributed by atoms with Gasteiger partial charge in [-0.05, 0) is 31.5 Å². The molecule has 2 aromatic carbocycles. The summed E-state index contributed by atoms with van der Waals surface area (Å²) in [6.45, 7) is 2.34. The maximum absolute atomic E-state index is 12.5. The number of hydrogen-bond donors (Lipinski definition) is 1. The second-order valence-electron chi connectivity index (χ2n) is 6.90. The highest BCUT2D eigenvalue weighted by Gasteiger charge is 2.20. The highest BCUT2D eigenvalue weighted by atomic mass is 32.2. The van der Waals surface area contributed by atoms with Gasteiger partial charge in [0.2, 0.25) is 27.6 Å². The number of nitrogens with one attached hydrogen (secondary N) is 1. The topological polar surface area (TPSA) is 105 Å². The van der Waals surface area contributed by atoms with Gasteiger partial charge in [0.05, 0.1) is 11.4 Å². The molecule has 0 aliphatic carbocycles. The highest BCUT2D eigenvalue weighted by Crippen LogP contribution is 2.17. The number of aryl methyl sites for hydroxylation is 1. The van der Waals surface area contributed by atoms with Crippen LogP contribution < -0.4 is 5.32 Å². The second kappa shape index (κ2) is 9.64. The zero-order chi connectivity index (χ0) is 21.6. The lowest BCUT2D eigenvalue weighted by Gasteiger charge is -2.16. The van der Waals surface area contributed by atoms with Crippen molar-refractivity contribution in [3.05, 3.63) is 66.1 Å². The van der Waals surface area contributed by atoms with E-state index in [1.54, 1.807) is 30.3 Å². The third-order valence-corrected chi connectivity index (χ3v) is 6.38. The molecule has 3 aromatic rings. The molecule has 0 atom stereocenters. The van der Waals surface area contributed by atoms with Crippen molar-refractivity contribution in [3.63, 3.8) is 0 Å². The molecule has 158 valence electrons. The van der Waals surface area contributed by atoms with Crippen molar-refractivity contribution in [2.24, 2.45) is 0 Å². The van der Waals surface area contributed by atoms with Crippen molar-refractivity contribution < 1.29 is 17.7 Å². The summed E-state index contributed by atoms with van der Waals surface area (Å²) in [5, 5.41) is 6.65. The molecule has 1 N–H and O–H groups in total. The summed E-state index contributed by atoms with van der Waals surface area (Å²) in [4.78, 5) is 16.6. The Balaban J connectivity index is 1.44. The quantitative estimate of drug-likeness (QED) is 0.562. The molecule has 30 heavy (non-hydrogen) atoms. The average Bonchev–Trinajstić information content (AvgIpc) is 3.22. The van der Waals surface area contributed by atoms with Gasteiger partial charge in [0.25, 0.3) is 0 Å². The van der Waals surface area contributed by atoms with Crippen LogP contribution in [0.25, 0.3) is 11.4 Å². The zero-order valence-corrected chi connectivity index (χ0v) is 17.7. The van der Waals surface area contributed by atoms with Gasteiger partial charge in [-0.2, -0.15) is 4.98 Å². The summed E-state index contributed by atoms with van der Waals surface area (Å²) < 4.78 is 31.3. The van der Waals surface area contributed by atoms with Crippen LogP contribution >= 0.6 is 0 Å². The fraction of sp³-hybridized carbons (Fsp3) is 0.286. The lowest BCUT2D eigenvalue weighted by molar-refractivity contribution is -0.121. The number of rotatable bonds is 9. The van der Waals surface area contributed by atoms with Gasteiger partial charge in [-0.1, -0.05) is 47.1 Å². The molecule has 3 rings (SSSR count). The first-order valence-corrected chi connectivity index (χ1v) is 11.0. The monoisotopic (exact) mass is 428 g/mol. The van der Waals surface area contributed by atoms with E-state index in [0.717, 1.165) is 11.1 Å². The van der Waals surface area contributed by atoms with Crippen LogP contribution in [0.5, 0.6) is 0 Å². The van der Waals surface area contributed by atoms with Crippen molar-refractivity contribution in [1.82, 2.24) is 19.8 Å². The van der Waals surface area contributed by atoms with E-state index in [-0.39, 0.29) is 30.3 Å². The van der Waals surface area contributed by atoms with Gasteiger partial charge < -0.3 is 9.84 Å². The Labute approximate surface area is 176 Å². The van der Waals surface area contributed by atoms with Gasteiger partial charge in [-0.15, -0.1) is 0 Å². The van der Waals surface area contributed by atoms with Crippen LogP contribution in [0.15, 0.2) is 64.0 Å². The van der Waals surface area contributed by atoms with Crippen molar-refractivity contribution in [3.8, 4) is 11.4 Å². The van der Waals surface area contributed by atoms with Crippen LogP contribution in [0.1, 0.15) is 24.3 Å². The lowest BCUT2D eigenvalue weighted by atomic mass is 10.1. The Morgan fingerprint density at radius 2 is 1.90 bits per heavy atom. The van der Waals surface area contributed by atoms with Gasteiger partial charge in [-0.25, -0.2) is 12.7 Å². The van der Waals surface area contributed by atoms with Gasteiger partial charge in [0, 0.05) is 25.6 Å². The molecule has 0 unspecified atom stereocenters. The molecular formula is C21H24N4O4S. The largest absolute Gasteiger partial charge is 0.347 e. The van der Waals surface area contributed by atoms with Crippen molar-refractivity contribution in [2.45, 2.75) is 31.2 Å². The molecular weight excluding hydrogens is 404 g/mol. The van der Waals surface area contributed by atoms with Gasteiger partial charge in [0.1, 0.15) is 0 Å². The number of aromatic nitrogens is 2. The minimum absolute atomic E-state index is 0.121. The smallest absolute Gasteiger partial charge is 0.246 e. The molecule has 0 radical (unpaired) electrons. The Hall–Kier alpha value is -3.04. The number of carbonyl (C=O) groups is 1. The standard InChI is InChI=1S/C21H24N4O4S/c1-16-8-6-9-17(14-16)21-23-20(29-24-21)15-22-19(26)12-7-13-25(2)30(27,28)18-10-4-3-5-11-18/h3-6,8-11,14H,7,12-13,15H2,1-2H3,(H,22,26). The Bertz CT molecular complexity index is 1100. The minimum Gasteiger partial charge on any atom is -0.347 e. The summed E-state index contributed by atoms with van der Waals surface area (Å²) in [6, 6.07) is 15.9. The number of hydrogen-bond acceptors (Lipinski definition) is 6. The Kier molecular flexibility index (Phi) is 6.96. The van der Waals surface area contributed by atoms with Crippen LogP contribution in [-0.4, -0.2) is 42.4 Å². The van der Waals surface area contributed by atoms with E-state index in [1.165, 1.54) is 11.4 Å². The molecule has 0 bridgehead atoms. The number of sulfonamides is 1. The average molecular weight is 429 g/mol. The second-order valence-corrected chi connectivity index (χ2v) is 8.95. The molecule has 8 nitrogen and oxygen atoms in total. The first kappa shape index (κ1) is 21.7. The SMILES string of the molecule is Cc1cccc(-c2noc(CNC(=O)CCCN(C)S(=O)(=O)c3ccccc3)n2)c1. The van der Waals surface area contributed by atoms with Gasteiger partial charge in [-0.3, -0.25) is 4.79 Å². The zero-order valence-electron chi connectivity index (χ0n) is 16.9. The molecule has 0 aliphatic heterocycles. The summed E-state index contributed by atoms with van der Waals surface area (Å²) in [7, 11) is -2.05. The van der Waals surface area contributed by atoms with Crippen molar-refractivity contribution in [2.75, 3.05) is 13.6 Å². The summed E-state index contributed by atoms with van der Waals surface area (Å²) in [6.07, 6.45) is 0.584. The molecule has 0 saturated heterocycles. The molecule has 0 aliphatic rings. The summed E-state index contributed by atoms with van der Waals surface area (Å²) in [5.41, 5.74) is 1.94. The van der Waals surface area contributed by atoms with Gasteiger partial charge >= 0.3 is 0 Å². The highest BCUT2D eigenvalue weighted by molar-refractivity contribution is 7.89. The fourth-order valence-electron chi connectivity index (χ4n) is 2.85. The van der Waals surface area contributed by atoms with E-state index in [4.69, 9.17) is 4.52 Å². The third kappa shape index (κ3) is 5.52. The molecule has 0 fully saturated rings. The van der Waals surface area contributed by atoms with Crippen LogP contribution in [0, 0.1) is 6.92 Å². The number of carbonyl (C=O) groups excluding carboxylic acids is 1. The van der Waals surface area contributed by atoms with Crippen LogP contribution in [0.4, 0.5) is 0 Å². The van der Waals surface area contributed by atoms with Crippen LogP contribution in [0.2, 0.25) is 0 Å². The van der Waals surface area contributed by atoms with Crippen molar-refractivity contribution in [1.29, 1.82) is 0 Å². The van der Waals surface area contributed by atoms with Crippen LogP contribution in [0.3, 0.4) is 0 Å². The maximum atomic E-state index is 12.5. The summed E-state index contributed by atoms with van der Waals surface area (Å²) in [5.74, 6) is 0.565. The van der Waals surface area contributed by atoms with E-state index >= 15 is 0 Å². The van der Waals surface area contributed by atoms with E-state index in [0.29, 0.717) is 18.1 Å². The molecule has 1 aromatic heterocycles. The van der Waals surface area contributed by atoms with E-state index in [1.807, 2.05) is 31.2 Å². The predicted molar refractivity (Wildman–Crippen MR) is 112 cm³/mol. The normalized spacial score (nSPS) is 11.6. The summed E-state index contributed by atoms with van der Waals surface area (Å²) >= 11 is 0. The molecule has 1 amide bonds. The van der Waals surface area contributed by atoms with E-state index < -0.39 is 10.0 Å². The molecule has 9 heteroatoms. The molecule has 0 saturated carbocycles. The third-order valence-electron chi connectivity index (χ3n) is 4.51. The van der Waals surface area contributed by atoms with E-state index in [2.05, 4.69) is 15.5 Å². The first-order valence-electron chi connectivity index (χ1n) is 9.54. The maximum Gasteiger partial charge on any atom is 0.246 e. The minimum atomic E-state index is -3.55. The Morgan fingerprint density at radius 1 is 1.13 bits per heavy atom. The molecule has 1 heterocycles. The predicted octanol–water partition coefficient (Wildman–Crippen LogP) is 2.76. The number of nitrogens with zero attached hydrogens (tertiary/aromatic N) is 3. The van der Waals surface area contributed by atoms with E-state index in [9.17, 15) is 13.2 Å². The molecule has 0 spiro atoms. The number of benzene rings is 2. The lowest BCUT2D eigenvalue weighted by Crippen LogP contribution is -2.29. The van der Waals surface area contributed by atoms with Gasteiger partial charge in [0.15, 0.2) is 0 Å². The first-order chi connectivity index (χ1) is 14.4. The van der Waals surface area contributed by atoms with Crippen molar-refractivity contribution >= 4 is 15.9 Å². The number of amides is 1. The van der Waals surface area contributed by atoms with Crippen LogP contribution in [-0.2, 0) is 21.4 Å². The Morgan fingerprint density at radius 3 is 2.63 bits per heavy atom.